The number of hydrogen-bond donors (Lipinski definition) is 1. The average molecular weight is 337 g/mol. The molecule has 2 aromatic carbocycles. The molecule has 25 heavy (non-hydrogen) atoms. The van der Waals surface area contributed by atoms with Crippen LogP contribution >= 0.6 is 0 Å². The Morgan fingerprint density at radius 2 is 1.92 bits per heavy atom. The van der Waals surface area contributed by atoms with Gasteiger partial charge in [-0.15, -0.1) is 0 Å². The molecule has 0 aliphatic carbocycles. The summed E-state index contributed by atoms with van der Waals surface area (Å²) < 4.78 is 12.1. The van der Waals surface area contributed by atoms with Gasteiger partial charge in [-0.25, -0.2) is 4.98 Å². The highest BCUT2D eigenvalue weighted by molar-refractivity contribution is 5.43. The summed E-state index contributed by atoms with van der Waals surface area (Å²) in [6.45, 7) is 0.439. The van der Waals surface area contributed by atoms with Crippen LogP contribution in [0.1, 0.15) is 5.56 Å². The second-order valence-electron chi connectivity index (χ2n) is 5.32. The molecule has 0 saturated heterocycles. The van der Waals surface area contributed by atoms with Crippen molar-refractivity contribution in [2.75, 3.05) is 19.5 Å². The Hall–Kier alpha value is -3.28. The summed E-state index contributed by atoms with van der Waals surface area (Å²) in [5, 5.41) is 3.09. The summed E-state index contributed by atoms with van der Waals surface area (Å²) in [7, 11) is 3.21. The first-order valence-corrected chi connectivity index (χ1v) is 7.81. The van der Waals surface area contributed by atoms with Crippen molar-refractivity contribution in [2.24, 2.45) is 0 Å². The smallest absolute Gasteiger partial charge is 0.297 e. The Morgan fingerprint density at radius 1 is 1.08 bits per heavy atom. The fraction of sp³-hybridized carbons (Fsp3) is 0.158. The van der Waals surface area contributed by atoms with Gasteiger partial charge in [-0.2, -0.15) is 0 Å². The summed E-state index contributed by atoms with van der Waals surface area (Å²) in [5.74, 6) is 1.72. The van der Waals surface area contributed by atoms with E-state index in [0.29, 0.717) is 18.0 Å². The van der Waals surface area contributed by atoms with E-state index in [1.807, 2.05) is 42.5 Å². The minimum absolute atomic E-state index is 0.231. The summed E-state index contributed by atoms with van der Waals surface area (Å²) in [6.07, 6.45) is 3.22. The Labute approximate surface area is 145 Å². The Kier molecular flexibility index (Phi) is 4.99. The molecule has 1 aromatic heterocycles. The maximum absolute atomic E-state index is 12.7. The highest BCUT2D eigenvalue weighted by Crippen LogP contribution is 2.18. The van der Waals surface area contributed by atoms with Gasteiger partial charge in [0.15, 0.2) is 5.82 Å². The van der Waals surface area contributed by atoms with E-state index in [0.717, 1.165) is 11.3 Å². The molecule has 3 rings (SSSR count). The van der Waals surface area contributed by atoms with Crippen LogP contribution in [-0.4, -0.2) is 23.8 Å². The minimum Gasteiger partial charge on any atom is -0.497 e. The molecular weight excluding hydrogens is 318 g/mol. The molecule has 0 radical (unpaired) electrons. The standard InChI is InChI=1S/C19H19N3O3/c1-24-16-8-5-7-15(12-16)22-11-10-20-18(19(22)23)21-13-14-6-3-4-9-17(14)25-2/h3-12H,13H2,1-2H3,(H,20,21). The van der Waals surface area contributed by atoms with Gasteiger partial charge >= 0.3 is 0 Å². The van der Waals surface area contributed by atoms with Crippen molar-refractivity contribution < 1.29 is 9.47 Å². The lowest BCUT2D eigenvalue weighted by Gasteiger charge is -2.11. The molecule has 0 amide bonds. The van der Waals surface area contributed by atoms with Gasteiger partial charge in [-0.3, -0.25) is 9.36 Å². The molecule has 0 spiro atoms. The largest absolute Gasteiger partial charge is 0.497 e. The van der Waals surface area contributed by atoms with Gasteiger partial charge in [0.25, 0.3) is 5.56 Å². The van der Waals surface area contributed by atoms with Crippen molar-refractivity contribution in [3.8, 4) is 17.2 Å². The van der Waals surface area contributed by atoms with Crippen molar-refractivity contribution in [3.05, 3.63) is 76.8 Å². The van der Waals surface area contributed by atoms with Gasteiger partial charge in [0, 0.05) is 30.6 Å². The number of anilines is 1. The number of benzene rings is 2. The summed E-state index contributed by atoms with van der Waals surface area (Å²) >= 11 is 0. The fourth-order valence-corrected chi connectivity index (χ4v) is 2.52. The van der Waals surface area contributed by atoms with Crippen LogP contribution in [0.25, 0.3) is 5.69 Å². The lowest BCUT2D eigenvalue weighted by atomic mass is 10.2. The SMILES string of the molecule is COc1cccc(-n2ccnc(NCc3ccccc3OC)c2=O)c1. The van der Waals surface area contributed by atoms with Crippen LogP contribution < -0.4 is 20.3 Å². The van der Waals surface area contributed by atoms with Crippen LogP contribution in [0.4, 0.5) is 5.82 Å². The van der Waals surface area contributed by atoms with Crippen LogP contribution in [0, 0.1) is 0 Å². The van der Waals surface area contributed by atoms with Crippen molar-refractivity contribution in [3.63, 3.8) is 0 Å². The zero-order chi connectivity index (χ0) is 17.6. The monoisotopic (exact) mass is 337 g/mol. The third-order valence-electron chi connectivity index (χ3n) is 3.81. The Morgan fingerprint density at radius 3 is 2.72 bits per heavy atom. The number of hydrogen-bond acceptors (Lipinski definition) is 5. The second kappa shape index (κ2) is 7.53. The van der Waals surface area contributed by atoms with Gasteiger partial charge < -0.3 is 14.8 Å². The minimum atomic E-state index is -0.231. The number of aromatic nitrogens is 2. The Bertz CT molecular complexity index is 922. The molecule has 6 nitrogen and oxygen atoms in total. The second-order valence-corrected chi connectivity index (χ2v) is 5.32. The van der Waals surface area contributed by atoms with Gasteiger partial charge in [0.2, 0.25) is 0 Å². The normalized spacial score (nSPS) is 10.3. The third kappa shape index (κ3) is 3.63. The molecule has 128 valence electrons. The zero-order valence-electron chi connectivity index (χ0n) is 14.1. The lowest BCUT2D eigenvalue weighted by molar-refractivity contribution is 0.410. The first-order valence-electron chi connectivity index (χ1n) is 7.81. The highest BCUT2D eigenvalue weighted by Gasteiger charge is 2.08. The molecule has 0 fully saturated rings. The van der Waals surface area contributed by atoms with Crippen LogP contribution in [-0.2, 0) is 6.54 Å². The summed E-state index contributed by atoms with van der Waals surface area (Å²) in [4.78, 5) is 16.9. The average Bonchev–Trinajstić information content (AvgIpc) is 2.67. The lowest BCUT2D eigenvalue weighted by Crippen LogP contribution is -2.23. The number of ether oxygens (including phenoxy) is 2. The molecule has 0 aliphatic heterocycles. The molecule has 0 atom stereocenters. The van der Waals surface area contributed by atoms with Gasteiger partial charge in [0.05, 0.1) is 19.9 Å². The molecule has 0 saturated carbocycles. The van der Waals surface area contributed by atoms with Crippen molar-refractivity contribution in [1.82, 2.24) is 9.55 Å². The van der Waals surface area contributed by atoms with Crippen LogP contribution in [0.3, 0.4) is 0 Å². The Balaban J connectivity index is 1.87. The first kappa shape index (κ1) is 16.6. The molecule has 0 bridgehead atoms. The van der Waals surface area contributed by atoms with Crippen LogP contribution in [0.5, 0.6) is 11.5 Å². The molecule has 0 aliphatic rings. The predicted molar refractivity (Wildman–Crippen MR) is 96.7 cm³/mol. The predicted octanol–water partition coefficient (Wildman–Crippen LogP) is 2.86. The number of nitrogens with one attached hydrogen (secondary N) is 1. The van der Waals surface area contributed by atoms with E-state index in [4.69, 9.17) is 9.47 Å². The summed E-state index contributed by atoms with van der Waals surface area (Å²) in [5.41, 5.74) is 1.43. The van der Waals surface area contributed by atoms with E-state index in [1.54, 1.807) is 32.7 Å². The molecule has 3 aromatic rings. The van der Waals surface area contributed by atoms with Crippen LogP contribution in [0.15, 0.2) is 65.7 Å². The fourth-order valence-electron chi connectivity index (χ4n) is 2.52. The zero-order valence-corrected chi connectivity index (χ0v) is 14.1. The number of para-hydroxylation sites is 1. The molecule has 1 heterocycles. The quantitative estimate of drug-likeness (QED) is 0.749. The van der Waals surface area contributed by atoms with Crippen molar-refractivity contribution >= 4 is 5.82 Å². The van der Waals surface area contributed by atoms with Gasteiger partial charge in [-0.05, 0) is 18.2 Å². The van der Waals surface area contributed by atoms with Gasteiger partial charge in [-0.1, -0.05) is 24.3 Å². The van der Waals surface area contributed by atoms with E-state index in [2.05, 4.69) is 10.3 Å². The maximum Gasteiger partial charge on any atom is 0.297 e. The molecule has 6 heteroatoms. The highest BCUT2D eigenvalue weighted by atomic mass is 16.5. The van der Waals surface area contributed by atoms with E-state index in [-0.39, 0.29) is 11.4 Å². The van der Waals surface area contributed by atoms with E-state index >= 15 is 0 Å². The molecule has 0 unspecified atom stereocenters. The van der Waals surface area contributed by atoms with Crippen molar-refractivity contribution in [2.45, 2.75) is 6.54 Å². The van der Waals surface area contributed by atoms with E-state index < -0.39 is 0 Å². The van der Waals surface area contributed by atoms with Crippen LogP contribution in [0.2, 0.25) is 0 Å². The summed E-state index contributed by atoms with van der Waals surface area (Å²) in [6, 6.07) is 14.9. The van der Waals surface area contributed by atoms with Gasteiger partial charge in [0.1, 0.15) is 11.5 Å². The number of methoxy groups -OCH3 is 2. The topological polar surface area (TPSA) is 65.4 Å². The number of rotatable bonds is 6. The number of nitrogens with zero attached hydrogens (tertiary/aromatic N) is 2. The maximum atomic E-state index is 12.7. The van der Waals surface area contributed by atoms with E-state index in [1.165, 1.54) is 4.57 Å². The molecule has 1 N–H and O–H groups in total. The first-order chi connectivity index (χ1) is 12.2. The third-order valence-corrected chi connectivity index (χ3v) is 3.81. The molecular formula is C19H19N3O3. The van der Waals surface area contributed by atoms with Crippen molar-refractivity contribution in [1.29, 1.82) is 0 Å². The van der Waals surface area contributed by atoms with E-state index in [9.17, 15) is 4.79 Å².